The van der Waals surface area contributed by atoms with Crippen LogP contribution in [0.1, 0.15) is 28.3 Å². The second kappa shape index (κ2) is 10.0. The van der Waals surface area contributed by atoms with Crippen LogP contribution < -0.4 is 9.47 Å². The van der Waals surface area contributed by atoms with E-state index in [2.05, 4.69) is 0 Å². The van der Waals surface area contributed by atoms with Crippen LogP contribution in [0, 0.1) is 6.92 Å². The van der Waals surface area contributed by atoms with Gasteiger partial charge in [0.15, 0.2) is 0 Å². The van der Waals surface area contributed by atoms with Crippen LogP contribution in [0.5, 0.6) is 11.5 Å². The number of carbonyl (C=O) groups is 2. The molecule has 0 saturated carbocycles. The van der Waals surface area contributed by atoms with Crippen LogP contribution in [0.4, 0.5) is 0 Å². The van der Waals surface area contributed by atoms with Gasteiger partial charge in [0.2, 0.25) is 0 Å². The highest BCUT2D eigenvalue weighted by molar-refractivity contribution is 6.46. The Morgan fingerprint density at radius 2 is 1.63 bits per heavy atom. The topological polar surface area (TPSA) is 76.1 Å². The number of halogens is 2. The van der Waals surface area contributed by atoms with Gasteiger partial charge >= 0.3 is 0 Å². The third kappa shape index (κ3) is 4.72. The van der Waals surface area contributed by atoms with E-state index in [0.29, 0.717) is 16.3 Å². The number of ketones is 1. The Morgan fingerprint density at radius 1 is 0.971 bits per heavy atom. The number of hydrogen-bond donors (Lipinski definition) is 1. The molecule has 3 aromatic rings. The third-order valence-electron chi connectivity index (χ3n) is 5.88. The standard InChI is InChI=1S/C27H23Cl2NO5/c1-15-12-20(26(35-3)21(29)13-15)24(31)22-23(17-6-8-18(28)9-7-17)30(27(33)25(22)32)14-16-4-10-19(34-2)11-5-16/h4-13,23,31H,14H2,1-3H3/b24-22+. The molecule has 1 amide bonds. The highest BCUT2D eigenvalue weighted by atomic mass is 35.5. The van der Waals surface area contributed by atoms with Crippen LogP contribution in [0.15, 0.2) is 66.2 Å². The lowest BCUT2D eigenvalue weighted by atomic mass is 9.94. The Balaban J connectivity index is 1.89. The van der Waals surface area contributed by atoms with E-state index in [-0.39, 0.29) is 34.2 Å². The summed E-state index contributed by atoms with van der Waals surface area (Å²) >= 11 is 12.4. The number of rotatable bonds is 6. The molecule has 0 radical (unpaired) electrons. The summed E-state index contributed by atoms with van der Waals surface area (Å²) in [5.41, 5.74) is 2.36. The number of nitrogens with zero attached hydrogens (tertiary/aromatic N) is 1. The Kier molecular flexibility index (Phi) is 7.05. The van der Waals surface area contributed by atoms with Gasteiger partial charge < -0.3 is 19.5 Å². The minimum atomic E-state index is -0.849. The maximum Gasteiger partial charge on any atom is 0.295 e. The van der Waals surface area contributed by atoms with Gasteiger partial charge in [0, 0.05) is 11.6 Å². The van der Waals surface area contributed by atoms with Gasteiger partial charge in [0.05, 0.1) is 36.4 Å². The molecule has 0 aromatic heterocycles. The molecule has 1 atom stereocenters. The predicted octanol–water partition coefficient (Wildman–Crippen LogP) is 5.94. The molecule has 0 spiro atoms. The minimum absolute atomic E-state index is 0.0502. The van der Waals surface area contributed by atoms with E-state index in [1.165, 1.54) is 12.0 Å². The SMILES string of the molecule is COc1ccc(CN2C(=O)C(=O)/C(=C(/O)c3cc(C)cc(Cl)c3OC)C2c2ccc(Cl)cc2)cc1. The quantitative estimate of drug-likeness (QED) is 0.251. The van der Waals surface area contributed by atoms with Crippen molar-refractivity contribution in [3.63, 3.8) is 0 Å². The van der Waals surface area contributed by atoms with E-state index in [0.717, 1.165) is 11.1 Å². The van der Waals surface area contributed by atoms with Crippen molar-refractivity contribution >= 4 is 40.7 Å². The van der Waals surface area contributed by atoms with Crippen molar-refractivity contribution < 1.29 is 24.2 Å². The zero-order valence-corrected chi connectivity index (χ0v) is 20.9. The Hall–Kier alpha value is -3.48. The number of methoxy groups -OCH3 is 2. The number of amides is 1. The summed E-state index contributed by atoms with van der Waals surface area (Å²) in [6.45, 7) is 1.95. The third-order valence-corrected chi connectivity index (χ3v) is 6.42. The smallest absolute Gasteiger partial charge is 0.295 e. The van der Waals surface area contributed by atoms with Gasteiger partial charge in [0.1, 0.15) is 17.3 Å². The van der Waals surface area contributed by atoms with Crippen molar-refractivity contribution in [2.45, 2.75) is 19.5 Å². The fourth-order valence-corrected chi connectivity index (χ4v) is 4.70. The van der Waals surface area contributed by atoms with Crippen LogP contribution >= 0.6 is 23.2 Å². The van der Waals surface area contributed by atoms with Crippen LogP contribution in [-0.4, -0.2) is 35.9 Å². The van der Waals surface area contributed by atoms with Crippen LogP contribution in [-0.2, 0) is 16.1 Å². The number of aliphatic hydroxyl groups is 1. The van der Waals surface area contributed by atoms with Gasteiger partial charge in [-0.15, -0.1) is 0 Å². The molecule has 1 saturated heterocycles. The molecule has 1 aliphatic heterocycles. The second-order valence-corrected chi connectivity index (χ2v) is 9.00. The number of carbonyl (C=O) groups excluding carboxylic acids is 2. The van der Waals surface area contributed by atoms with E-state index in [9.17, 15) is 14.7 Å². The minimum Gasteiger partial charge on any atom is -0.507 e. The molecule has 4 rings (SSSR count). The van der Waals surface area contributed by atoms with Gasteiger partial charge in [-0.25, -0.2) is 0 Å². The Labute approximate surface area is 213 Å². The monoisotopic (exact) mass is 511 g/mol. The number of likely N-dealkylation sites (tertiary alicyclic amines) is 1. The molecule has 6 nitrogen and oxygen atoms in total. The Bertz CT molecular complexity index is 1320. The predicted molar refractivity (Wildman–Crippen MR) is 135 cm³/mol. The van der Waals surface area contributed by atoms with Gasteiger partial charge in [-0.2, -0.15) is 0 Å². The lowest BCUT2D eigenvalue weighted by Crippen LogP contribution is -2.29. The van der Waals surface area contributed by atoms with Crippen molar-refractivity contribution in [1.29, 1.82) is 0 Å². The summed E-state index contributed by atoms with van der Waals surface area (Å²) in [5.74, 6) is -0.988. The van der Waals surface area contributed by atoms with Gasteiger partial charge in [0.25, 0.3) is 11.7 Å². The molecule has 0 bridgehead atoms. The largest absolute Gasteiger partial charge is 0.507 e. The highest BCUT2D eigenvalue weighted by Gasteiger charge is 2.46. The average Bonchev–Trinajstić information content (AvgIpc) is 3.09. The second-order valence-electron chi connectivity index (χ2n) is 8.15. The van der Waals surface area contributed by atoms with Gasteiger partial charge in [-0.1, -0.05) is 47.5 Å². The molecule has 1 aliphatic rings. The zero-order valence-electron chi connectivity index (χ0n) is 19.3. The van der Waals surface area contributed by atoms with Crippen molar-refractivity contribution in [3.8, 4) is 11.5 Å². The highest BCUT2D eigenvalue weighted by Crippen LogP contribution is 2.43. The summed E-state index contributed by atoms with van der Waals surface area (Å²) in [7, 11) is 2.99. The molecule has 8 heteroatoms. The summed E-state index contributed by atoms with van der Waals surface area (Å²) in [6, 6.07) is 16.5. The summed E-state index contributed by atoms with van der Waals surface area (Å²) < 4.78 is 10.6. The van der Waals surface area contributed by atoms with E-state index in [1.807, 2.05) is 12.1 Å². The first kappa shape index (κ1) is 24.6. The maximum absolute atomic E-state index is 13.3. The van der Waals surface area contributed by atoms with Crippen molar-refractivity contribution in [2.24, 2.45) is 0 Å². The molecule has 1 N–H and O–H groups in total. The summed E-state index contributed by atoms with van der Waals surface area (Å²) in [5, 5.41) is 12.2. The van der Waals surface area contributed by atoms with Gasteiger partial charge in [-0.3, -0.25) is 9.59 Å². The number of aliphatic hydroxyl groups excluding tert-OH is 1. The first-order valence-corrected chi connectivity index (χ1v) is 11.5. The normalized spacial score (nSPS) is 17.1. The lowest BCUT2D eigenvalue weighted by Gasteiger charge is -2.26. The average molecular weight is 512 g/mol. The molecule has 1 fully saturated rings. The Morgan fingerprint density at radius 3 is 2.23 bits per heavy atom. The maximum atomic E-state index is 13.3. The lowest BCUT2D eigenvalue weighted by molar-refractivity contribution is -0.140. The molecular weight excluding hydrogens is 489 g/mol. The molecule has 3 aromatic carbocycles. The van der Waals surface area contributed by atoms with Crippen LogP contribution in [0.3, 0.4) is 0 Å². The fraction of sp³-hybridized carbons (Fsp3) is 0.185. The summed E-state index contributed by atoms with van der Waals surface area (Å²) in [4.78, 5) is 28.0. The molecule has 1 heterocycles. The van der Waals surface area contributed by atoms with Crippen molar-refractivity contribution in [2.75, 3.05) is 14.2 Å². The van der Waals surface area contributed by atoms with Crippen molar-refractivity contribution in [3.05, 3.63) is 98.5 Å². The first-order chi connectivity index (χ1) is 16.7. The number of ether oxygens (including phenoxy) is 2. The molecular formula is C27H23Cl2NO5. The van der Waals surface area contributed by atoms with E-state index in [4.69, 9.17) is 32.7 Å². The molecule has 180 valence electrons. The molecule has 35 heavy (non-hydrogen) atoms. The summed E-state index contributed by atoms with van der Waals surface area (Å²) in [6.07, 6.45) is 0. The van der Waals surface area contributed by atoms with Crippen LogP contribution in [0.2, 0.25) is 10.0 Å². The van der Waals surface area contributed by atoms with E-state index >= 15 is 0 Å². The number of aryl methyl sites for hydroxylation is 1. The van der Waals surface area contributed by atoms with Crippen molar-refractivity contribution in [1.82, 2.24) is 4.90 Å². The number of benzene rings is 3. The number of Topliss-reactive ketones (excluding diaryl/α,β-unsaturated/α-hetero) is 1. The first-order valence-electron chi connectivity index (χ1n) is 10.8. The molecule has 0 aliphatic carbocycles. The fourth-order valence-electron chi connectivity index (χ4n) is 4.22. The van der Waals surface area contributed by atoms with E-state index in [1.54, 1.807) is 62.6 Å². The zero-order chi connectivity index (χ0) is 25.3. The molecule has 1 unspecified atom stereocenters. The van der Waals surface area contributed by atoms with Crippen LogP contribution in [0.25, 0.3) is 5.76 Å². The van der Waals surface area contributed by atoms with Gasteiger partial charge in [-0.05, 0) is 60.0 Å². The number of hydrogen-bond acceptors (Lipinski definition) is 5. The van der Waals surface area contributed by atoms with E-state index < -0.39 is 17.7 Å².